The van der Waals surface area contributed by atoms with E-state index in [-0.39, 0.29) is 0 Å². The van der Waals surface area contributed by atoms with Gasteiger partial charge in [-0.2, -0.15) is 5.10 Å². The molecule has 6 heteroatoms. The zero-order valence-electron chi connectivity index (χ0n) is 17.5. The first kappa shape index (κ1) is 20.9. The van der Waals surface area contributed by atoms with E-state index in [1.54, 1.807) is 4.68 Å². The first-order valence-corrected chi connectivity index (χ1v) is 10.8. The van der Waals surface area contributed by atoms with Crippen LogP contribution < -0.4 is 4.74 Å². The van der Waals surface area contributed by atoms with Crippen LogP contribution in [0.5, 0.6) is 5.75 Å². The van der Waals surface area contributed by atoms with Crippen LogP contribution in [-0.4, -0.2) is 32.9 Å². The average Bonchev–Trinajstić information content (AvgIpc) is 2.91. The van der Waals surface area contributed by atoms with Gasteiger partial charge in [-0.3, -0.25) is 9.58 Å². The van der Waals surface area contributed by atoms with E-state index >= 15 is 0 Å². The molecule has 5 nitrogen and oxygen atoms in total. The van der Waals surface area contributed by atoms with Gasteiger partial charge in [-0.15, -0.1) is 0 Å². The molecule has 0 radical (unpaired) electrons. The molecule has 3 aromatic rings. The molecule has 0 amide bonds. The summed E-state index contributed by atoms with van der Waals surface area (Å²) in [6.45, 7) is 4.90. The molecule has 0 fully saturated rings. The van der Waals surface area contributed by atoms with Crippen molar-refractivity contribution in [2.75, 3.05) is 13.2 Å². The van der Waals surface area contributed by atoms with Gasteiger partial charge >= 0.3 is 0 Å². The average molecular weight is 426 g/mol. The van der Waals surface area contributed by atoms with Crippen molar-refractivity contribution in [1.82, 2.24) is 14.7 Å². The van der Waals surface area contributed by atoms with Crippen LogP contribution >= 0.6 is 11.6 Å². The number of fused-ring (bicyclic) bond motifs is 1. The third-order valence-electron chi connectivity index (χ3n) is 5.73. The number of ether oxygens (including phenoxy) is 1. The predicted octanol–water partition coefficient (Wildman–Crippen LogP) is 4.44. The summed E-state index contributed by atoms with van der Waals surface area (Å²) in [5.74, 6) is 0.894. The van der Waals surface area contributed by atoms with E-state index in [1.165, 1.54) is 5.56 Å². The quantitative estimate of drug-likeness (QED) is 0.634. The maximum atomic E-state index is 10.7. The van der Waals surface area contributed by atoms with Gasteiger partial charge in [-0.25, -0.2) is 0 Å². The van der Waals surface area contributed by atoms with Crippen molar-refractivity contribution in [1.29, 1.82) is 0 Å². The molecule has 1 aliphatic rings. The summed E-state index contributed by atoms with van der Waals surface area (Å²) in [7, 11) is 1.86. The molecular formula is C24H28ClN3O2. The summed E-state index contributed by atoms with van der Waals surface area (Å²) >= 11 is 6.44. The summed E-state index contributed by atoms with van der Waals surface area (Å²) in [6, 6.07) is 16.3. The zero-order valence-corrected chi connectivity index (χ0v) is 18.3. The molecule has 0 spiro atoms. The fourth-order valence-electron chi connectivity index (χ4n) is 4.00. The number of hydrogen-bond donors (Lipinski definition) is 1. The van der Waals surface area contributed by atoms with E-state index < -0.39 is 6.10 Å². The van der Waals surface area contributed by atoms with E-state index in [0.29, 0.717) is 18.2 Å². The Kier molecular flexibility index (Phi) is 6.42. The highest BCUT2D eigenvalue weighted by molar-refractivity contribution is 6.30. The summed E-state index contributed by atoms with van der Waals surface area (Å²) in [5.41, 5.74) is 5.29. The number of hydrogen-bond acceptors (Lipinski definition) is 4. The molecule has 2 heterocycles. The third kappa shape index (κ3) is 4.69. The van der Waals surface area contributed by atoms with Crippen LogP contribution in [0.2, 0.25) is 5.15 Å². The van der Waals surface area contributed by atoms with E-state index in [0.717, 1.165) is 54.2 Å². The second-order valence-electron chi connectivity index (χ2n) is 7.94. The molecule has 158 valence electrons. The topological polar surface area (TPSA) is 50.5 Å². The number of benzene rings is 2. The molecule has 1 aromatic heterocycles. The molecule has 0 bridgehead atoms. The minimum atomic E-state index is -0.498. The second-order valence-corrected chi connectivity index (χ2v) is 8.30. The number of aryl methyl sites for hydroxylation is 3. The minimum Gasteiger partial charge on any atom is -0.492 e. The molecule has 1 aliphatic heterocycles. The van der Waals surface area contributed by atoms with Gasteiger partial charge in [-0.05, 0) is 43.0 Å². The Morgan fingerprint density at radius 3 is 2.73 bits per heavy atom. The Morgan fingerprint density at radius 2 is 2.00 bits per heavy atom. The monoisotopic (exact) mass is 425 g/mol. The van der Waals surface area contributed by atoms with Crippen molar-refractivity contribution >= 4 is 11.6 Å². The summed E-state index contributed by atoms with van der Waals surface area (Å²) in [6.07, 6.45) is 1.04. The van der Waals surface area contributed by atoms with Gasteiger partial charge in [0.05, 0.1) is 11.8 Å². The Hall–Kier alpha value is -2.34. The van der Waals surface area contributed by atoms with Crippen molar-refractivity contribution in [2.45, 2.75) is 39.0 Å². The van der Waals surface area contributed by atoms with Gasteiger partial charge in [0.15, 0.2) is 0 Å². The van der Waals surface area contributed by atoms with Crippen molar-refractivity contribution in [3.8, 4) is 5.75 Å². The number of nitrogens with zero attached hydrogens (tertiary/aromatic N) is 3. The Bertz CT molecular complexity index is 1000. The second kappa shape index (κ2) is 9.21. The van der Waals surface area contributed by atoms with E-state index in [2.05, 4.69) is 28.2 Å². The number of aromatic nitrogens is 2. The molecule has 1 unspecified atom stereocenters. The number of halogens is 1. The Labute approximate surface area is 182 Å². The predicted molar refractivity (Wildman–Crippen MR) is 119 cm³/mol. The van der Waals surface area contributed by atoms with Crippen molar-refractivity contribution in [2.24, 2.45) is 7.05 Å². The lowest BCUT2D eigenvalue weighted by atomic mass is 9.99. The molecule has 0 saturated carbocycles. The van der Waals surface area contributed by atoms with Gasteiger partial charge in [-0.1, -0.05) is 48.0 Å². The van der Waals surface area contributed by atoms with Gasteiger partial charge < -0.3 is 9.84 Å². The van der Waals surface area contributed by atoms with Gasteiger partial charge in [0.1, 0.15) is 17.5 Å². The van der Waals surface area contributed by atoms with Gasteiger partial charge in [0.2, 0.25) is 0 Å². The van der Waals surface area contributed by atoms with Crippen molar-refractivity contribution in [3.63, 3.8) is 0 Å². The van der Waals surface area contributed by atoms with Crippen LogP contribution in [0, 0.1) is 6.92 Å². The first-order chi connectivity index (χ1) is 14.5. The van der Waals surface area contributed by atoms with E-state index in [1.807, 2.05) is 44.3 Å². The largest absolute Gasteiger partial charge is 0.492 e. The van der Waals surface area contributed by atoms with Crippen LogP contribution in [0.1, 0.15) is 40.5 Å². The van der Waals surface area contributed by atoms with Gasteiger partial charge in [0, 0.05) is 37.8 Å². The molecule has 4 rings (SSSR count). The number of rotatable bonds is 6. The standard InChI is InChI=1S/C24H28ClN3O2/c1-17-21(24(25)27(2)26-17)16-28-12-13-30-23-11-9-19(14-20(23)15-28)22(29)10-8-18-6-4-3-5-7-18/h3-7,9,11,14,22,29H,8,10,12-13,15-16H2,1-2H3. The van der Waals surface area contributed by atoms with Crippen LogP contribution in [-0.2, 0) is 26.6 Å². The first-order valence-electron chi connectivity index (χ1n) is 10.4. The van der Waals surface area contributed by atoms with Crippen LogP contribution in [0.15, 0.2) is 48.5 Å². The molecule has 1 N–H and O–H groups in total. The van der Waals surface area contributed by atoms with Crippen molar-refractivity contribution < 1.29 is 9.84 Å². The minimum absolute atomic E-state index is 0.498. The Balaban J connectivity index is 1.47. The zero-order chi connectivity index (χ0) is 21.1. The number of aliphatic hydroxyl groups excluding tert-OH is 1. The third-order valence-corrected chi connectivity index (χ3v) is 6.20. The molecule has 1 atom stereocenters. The number of aliphatic hydroxyl groups is 1. The van der Waals surface area contributed by atoms with Crippen LogP contribution in [0.25, 0.3) is 0 Å². The highest BCUT2D eigenvalue weighted by atomic mass is 35.5. The SMILES string of the molecule is Cc1nn(C)c(Cl)c1CN1CCOc2ccc(C(O)CCc3ccccc3)cc2C1. The fourth-order valence-corrected chi connectivity index (χ4v) is 4.24. The van der Waals surface area contributed by atoms with E-state index in [9.17, 15) is 5.11 Å². The van der Waals surface area contributed by atoms with Crippen LogP contribution in [0.4, 0.5) is 0 Å². The van der Waals surface area contributed by atoms with Crippen LogP contribution in [0.3, 0.4) is 0 Å². The van der Waals surface area contributed by atoms with E-state index in [4.69, 9.17) is 16.3 Å². The lowest BCUT2D eigenvalue weighted by molar-refractivity contribution is 0.167. The molecule has 30 heavy (non-hydrogen) atoms. The fraction of sp³-hybridized carbons (Fsp3) is 0.375. The maximum absolute atomic E-state index is 10.7. The molecular weight excluding hydrogens is 398 g/mol. The lowest BCUT2D eigenvalue weighted by Crippen LogP contribution is -2.25. The molecule has 0 aliphatic carbocycles. The molecule has 2 aromatic carbocycles. The summed E-state index contributed by atoms with van der Waals surface area (Å²) < 4.78 is 7.69. The highest BCUT2D eigenvalue weighted by Gasteiger charge is 2.21. The Morgan fingerprint density at radius 1 is 1.20 bits per heavy atom. The smallest absolute Gasteiger partial charge is 0.131 e. The summed E-state index contributed by atoms with van der Waals surface area (Å²) in [5, 5.41) is 15.9. The van der Waals surface area contributed by atoms with Gasteiger partial charge in [0.25, 0.3) is 0 Å². The lowest BCUT2D eigenvalue weighted by Gasteiger charge is -2.20. The summed E-state index contributed by atoms with van der Waals surface area (Å²) in [4.78, 5) is 2.32. The maximum Gasteiger partial charge on any atom is 0.131 e. The highest BCUT2D eigenvalue weighted by Crippen LogP contribution is 2.30. The normalized spacial score (nSPS) is 15.3. The van der Waals surface area contributed by atoms with Crippen molar-refractivity contribution in [3.05, 3.63) is 81.6 Å². The molecule has 0 saturated heterocycles.